The number of hydrogen-bond acceptors (Lipinski definition) is 5. The van der Waals surface area contributed by atoms with Crippen molar-refractivity contribution in [1.82, 2.24) is 10.1 Å². The number of nitrogens with zero attached hydrogens (tertiary/aromatic N) is 2. The van der Waals surface area contributed by atoms with Gasteiger partial charge < -0.3 is 15.4 Å². The van der Waals surface area contributed by atoms with E-state index in [0.717, 1.165) is 6.07 Å². The second-order valence-electron chi connectivity index (χ2n) is 3.75. The molecule has 0 saturated carbocycles. The zero-order chi connectivity index (χ0) is 13.1. The van der Waals surface area contributed by atoms with Crippen molar-refractivity contribution >= 4 is 0 Å². The van der Waals surface area contributed by atoms with Crippen LogP contribution in [0.15, 0.2) is 22.7 Å². The van der Waals surface area contributed by atoms with E-state index in [0.29, 0.717) is 5.56 Å². The standard InChI is InChI=1S/C11H11F2N3O2/c12-7-1-6(2-8(13)4-7)3-10-15-11(18-16-10)9(17)5-14/h1-2,4,9,17H,3,5,14H2. The number of hydrogen-bond donors (Lipinski definition) is 2. The lowest BCUT2D eigenvalue weighted by molar-refractivity contribution is 0.141. The largest absolute Gasteiger partial charge is 0.382 e. The van der Waals surface area contributed by atoms with Crippen molar-refractivity contribution in [2.45, 2.75) is 12.5 Å². The lowest BCUT2D eigenvalue weighted by Gasteiger charge is -1.99. The van der Waals surface area contributed by atoms with Crippen LogP contribution in [0.3, 0.4) is 0 Å². The molecule has 0 aliphatic rings. The lowest BCUT2D eigenvalue weighted by atomic mass is 10.1. The normalized spacial score (nSPS) is 12.7. The van der Waals surface area contributed by atoms with Crippen LogP contribution in [0, 0.1) is 11.6 Å². The molecule has 1 unspecified atom stereocenters. The van der Waals surface area contributed by atoms with Crippen molar-refractivity contribution < 1.29 is 18.4 Å². The van der Waals surface area contributed by atoms with E-state index >= 15 is 0 Å². The number of rotatable bonds is 4. The molecule has 0 amide bonds. The van der Waals surface area contributed by atoms with Gasteiger partial charge in [-0.15, -0.1) is 0 Å². The molecule has 0 aliphatic carbocycles. The summed E-state index contributed by atoms with van der Waals surface area (Å²) in [6.45, 7) is -0.0454. The molecule has 1 heterocycles. The zero-order valence-electron chi connectivity index (χ0n) is 9.31. The molecule has 0 radical (unpaired) electrons. The summed E-state index contributed by atoms with van der Waals surface area (Å²) in [7, 11) is 0. The van der Waals surface area contributed by atoms with E-state index in [4.69, 9.17) is 10.3 Å². The molecule has 1 aromatic heterocycles. The van der Waals surface area contributed by atoms with Gasteiger partial charge in [0.25, 0.3) is 5.89 Å². The Morgan fingerprint density at radius 3 is 2.56 bits per heavy atom. The molecule has 0 spiro atoms. The molecule has 5 nitrogen and oxygen atoms in total. The molecular weight excluding hydrogens is 244 g/mol. The van der Waals surface area contributed by atoms with Crippen LogP contribution >= 0.6 is 0 Å². The molecule has 0 saturated heterocycles. The molecular formula is C11H11F2N3O2. The first-order valence-electron chi connectivity index (χ1n) is 5.24. The van der Waals surface area contributed by atoms with Gasteiger partial charge in [-0.3, -0.25) is 0 Å². The molecule has 0 aliphatic heterocycles. The van der Waals surface area contributed by atoms with Crippen molar-refractivity contribution in [3.8, 4) is 0 Å². The Kier molecular flexibility index (Phi) is 3.63. The van der Waals surface area contributed by atoms with Gasteiger partial charge in [0.05, 0.1) is 0 Å². The summed E-state index contributed by atoms with van der Waals surface area (Å²) in [5.41, 5.74) is 5.61. The van der Waals surface area contributed by atoms with Gasteiger partial charge in [0.15, 0.2) is 5.82 Å². The highest BCUT2D eigenvalue weighted by Crippen LogP contribution is 2.13. The Hall–Kier alpha value is -1.86. The fourth-order valence-electron chi connectivity index (χ4n) is 1.47. The summed E-state index contributed by atoms with van der Waals surface area (Å²) in [5.74, 6) is -1.13. The summed E-state index contributed by atoms with van der Waals surface area (Å²) in [6.07, 6.45) is -0.925. The molecule has 0 fully saturated rings. The highest BCUT2D eigenvalue weighted by molar-refractivity contribution is 5.21. The molecule has 18 heavy (non-hydrogen) atoms. The summed E-state index contributed by atoms with van der Waals surface area (Å²) < 4.78 is 30.7. The minimum Gasteiger partial charge on any atom is -0.382 e. The molecule has 96 valence electrons. The maximum Gasteiger partial charge on any atom is 0.256 e. The van der Waals surface area contributed by atoms with Crippen LogP contribution in [0.25, 0.3) is 0 Å². The molecule has 1 aromatic carbocycles. The third-order valence-electron chi connectivity index (χ3n) is 2.28. The van der Waals surface area contributed by atoms with Crippen LogP contribution in [-0.2, 0) is 6.42 Å². The number of nitrogens with two attached hydrogens (primary N) is 1. The Bertz CT molecular complexity index is 525. The Labute approximate surface area is 101 Å². The molecule has 2 aromatic rings. The Balaban J connectivity index is 2.16. The van der Waals surface area contributed by atoms with Gasteiger partial charge >= 0.3 is 0 Å². The quantitative estimate of drug-likeness (QED) is 0.848. The van der Waals surface area contributed by atoms with Gasteiger partial charge in [0, 0.05) is 19.0 Å². The molecule has 2 rings (SSSR count). The molecule has 0 bridgehead atoms. The number of aromatic nitrogens is 2. The fraction of sp³-hybridized carbons (Fsp3) is 0.273. The van der Waals surface area contributed by atoms with E-state index < -0.39 is 17.7 Å². The third kappa shape index (κ3) is 2.88. The first-order valence-corrected chi connectivity index (χ1v) is 5.24. The van der Waals surface area contributed by atoms with Crippen molar-refractivity contribution in [3.05, 3.63) is 47.1 Å². The molecule has 7 heteroatoms. The summed E-state index contributed by atoms with van der Waals surface area (Å²) in [6, 6.07) is 3.14. The first kappa shape index (κ1) is 12.6. The van der Waals surface area contributed by atoms with Crippen molar-refractivity contribution in [1.29, 1.82) is 0 Å². The van der Waals surface area contributed by atoms with Gasteiger partial charge in [0.1, 0.15) is 17.7 Å². The van der Waals surface area contributed by atoms with Gasteiger partial charge in [-0.25, -0.2) is 8.78 Å². The second kappa shape index (κ2) is 5.19. The lowest BCUT2D eigenvalue weighted by Crippen LogP contribution is -2.11. The number of benzene rings is 1. The summed E-state index contributed by atoms with van der Waals surface area (Å²) >= 11 is 0. The van der Waals surface area contributed by atoms with Crippen LogP contribution in [0.5, 0.6) is 0 Å². The SMILES string of the molecule is NCC(O)c1nc(Cc2cc(F)cc(F)c2)no1. The van der Waals surface area contributed by atoms with Gasteiger partial charge in [-0.05, 0) is 17.7 Å². The van der Waals surface area contributed by atoms with E-state index in [2.05, 4.69) is 10.1 Å². The van der Waals surface area contributed by atoms with Crippen LogP contribution in [-0.4, -0.2) is 21.8 Å². The van der Waals surface area contributed by atoms with E-state index in [1.807, 2.05) is 0 Å². The minimum atomic E-state index is -1.03. The monoisotopic (exact) mass is 255 g/mol. The van der Waals surface area contributed by atoms with E-state index in [9.17, 15) is 13.9 Å². The van der Waals surface area contributed by atoms with Crippen molar-refractivity contribution in [3.63, 3.8) is 0 Å². The maximum absolute atomic E-state index is 13.0. The highest BCUT2D eigenvalue weighted by atomic mass is 19.1. The predicted molar refractivity (Wildman–Crippen MR) is 57.5 cm³/mol. The minimum absolute atomic E-state index is 0.00984. The fourth-order valence-corrected chi connectivity index (χ4v) is 1.47. The Morgan fingerprint density at radius 1 is 1.28 bits per heavy atom. The topological polar surface area (TPSA) is 85.2 Å². The van der Waals surface area contributed by atoms with Gasteiger partial charge in [0.2, 0.25) is 0 Å². The summed E-state index contributed by atoms with van der Waals surface area (Å²) in [5, 5.41) is 12.9. The third-order valence-corrected chi connectivity index (χ3v) is 2.28. The summed E-state index contributed by atoms with van der Waals surface area (Å²) in [4.78, 5) is 3.88. The molecule has 1 atom stereocenters. The highest BCUT2D eigenvalue weighted by Gasteiger charge is 2.14. The van der Waals surface area contributed by atoms with Gasteiger partial charge in [-0.2, -0.15) is 4.98 Å². The smallest absolute Gasteiger partial charge is 0.256 e. The number of aliphatic hydroxyl groups is 1. The van der Waals surface area contributed by atoms with Crippen LogP contribution in [0.4, 0.5) is 8.78 Å². The average Bonchev–Trinajstić information content (AvgIpc) is 2.75. The van der Waals surface area contributed by atoms with Crippen molar-refractivity contribution in [2.75, 3.05) is 6.54 Å². The van der Waals surface area contributed by atoms with Crippen LogP contribution in [0.2, 0.25) is 0 Å². The van der Waals surface area contributed by atoms with Crippen molar-refractivity contribution in [2.24, 2.45) is 5.73 Å². The predicted octanol–water partition coefficient (Wildman–Crippen LogP) is 0.931. The Morgan fingerprint density at radius 2 is 1.94 bits per heavy atom. The van der Waals surface area contributed by atoms with E-state index in [1.165, 1.54) is 12.1 Å². The first-order chi connectivity index (χ1) is 8.58. The second-order valence-corrected chi connectivity index (χ2v) is 3.75. The van der Waals surface area contributed by atoms with Crippen LogP contribution in [0.1, 0.15) is 23.4 Å². The van der Waals surface area contributed by atoms with Crippen LogP contribution < -0.4 is 5.73 Å². The zero-order valence-corrected chi connectivity index (χ0v) is 9.31. The number of aliphatic hydroxyl groups excluding tert-OH is 1. The molecule has 3 N–H and O–H groups in total. The van der Waals surface area contributed by atoms with E-state index in [1.54, 1.807) is 0 Å². The van der Waals surface area contributed by atoms with Gasteiger partial charge in [-0.1, -0.05) is 5.16 Å². The average molecular weight is 255 g/mol. The van der Waals surface area contributed by atoms with E-state index in [-0.39, 0.29) is 24.7 Å². The maximum atomic E-state index is 13.0. The number of halogens is 2.